The molecule has 0 amide bonds. The van der Waals surface area contributed by atoms with Crippen LogP contribution >= 0.6 is 15.9 Å². The van der Waals surface area contributed by atoms with E-state index < -0.39 is 6.10 Å². The van der Waals surface area contributed by atoms with Crippen LogP contribution in [0, 0.1) is 0 Å². The Kier molecular flexibility index (Phi) is 3.76. The topological polar surface area (TPSA) is 42.4 Å². The van der Waals surface area contributed by atoms with Crippen LogP contribution in [0.15, 0.2) is 47.2 Å². The lowest BCUT2D eigenvalue weighted by atomic mass is 10.1. The van der Waals surface area contributed by atoms with E-state index in [0.29, 0.717) is 11.5 Å². The summed E-state index contributed by atoms with van der Waals surface area (Å²) in [7, 11) is 0. The first-order valence-electron chi connectivity index (χ1n) is 5.22. The van der Waals surface area contributed by atoms with E-state index >= 15 is 0 Å². The van der Waals surface area contributed by atoms with Crippen LogP contribution in [0.2, 0.25) is 0 Å². The van der Waals surface area contributed by atoms with Gasteiger partial charge < -0.3 is 9.84 Å². The van der Waals surface area contributed by atoms with Crippen LogP contribution in [0.25, 0.3) is 0 Å². The summed E-state index contributed by atoms with van der Waals surface area (Å²) in [5.41, 5.74) is 0.739. The smallest absolute Gasteiger partial charge is 0.145 e. The molecule has 17 heavy (non-hydrogen) atoms. The van der Waals surface area contributed by atoms with Crippen molar-refractivity contribution in [3.8, 4) is 11.5 Å². The molecule has 0 saturated carbocycles. The Hall–Kier alpha value is -1.39. The highest BCUT2D eigenvalue weighted by molar-refractivity contribution is 9.10. The van der Waals surface area contributed by atoms with Gasteiger partial charge in [0, 0.05) is 16.2 Å². The van der Waals surface area contributed by atoms with Crippen molar-refractivity contribution in [2.75, 3.05) is 0 Å². The van der Waals surface area contributed by atoms with Gasteiger partial charge in [-0.05, 0) is 37.3 Å². The summed E-state index contributed by atoms with van der Waals surface area (Å²) < 4.78 is 6.59. The van der Waals surface area contributed by atoms with Crippen LogP contribution in [0.3, 0.4) is 0 Å². The van der Waals surface area contributed by atoms with Crippen LogP contribution in [0.4, 0.5) is 0 Å². The molecule has 4 heteroatoms. The zero-order valence-corrected chi connectivity index (χ0v) is 10.9. The number of hydrogen-bond donors (Lipinski definition) is 1. The standard InChI is InChI=1S/C13H12BrNO2/c1-9(16)12-7-10(14)4-5-13(12)17-11-3-2-6-15-8-11/h2-9,16H,1H3. The van der Waals surface area contributed by atoms with Crippen LogP contribution in [0.5, 0.6) is 11.5 Å². The van der Waals surface area contributed by atoms with Gasteiger partial charge in [0.25, 0.3) is 0 Å². The van der Waals surface area contributed by atoms with E-state index in [9.17, 15) is 5.11 Å². The minimum atomic E-state index is -0.584. The van der Waals surface area contributed by atoms with Crippen molar-refractivity contribution in [3.05, 3.63) is 52.8 Å². The molecule has 0 saturated heterocycles. The third-order valence-corrected chi connectivity index (χ3v) is 2.78. The molecule has 0 aliphatic carbocycles. The Morgan fingerprint density at radius 2 is 2.18 bits per heavy atom. The molecule has 0 aliphatic rings. The minimum absolute atomic E-state index is 0.584. The predicted octanol–water partition coefficient (Wildman–Crippen LogP) is 3.69. The zero-order valence-electron chi connectivity index (χ0n) is 9.30. The molecule has 3 nitrogen and oxygen atoms in total. The van der Waals surface area contributed by atoms with Gasteiger partial charge in [0.2, 0.25) is 0 Å². The molecule has 0 aliphatic heterocycles. The Bertz CT molecular complexity index is 500. The van der Waals surface area contributed by atoms with E-state index in [2.05, 4.69) is 20.9 Å². The fraction of sp³-hybridized carbons (Fsp3) is 0.154. The first-order valence-corrected chi connectivity index (χ1v) is 6.01. The largest absolute Gasteiger partial charge is 0.455 e. The average Bonchev–Trinajstić information content (AvgIpc) is 2.32. The molecule has 1 aromatic heterocycles. The summed E-state index contributed by atoms with van der Waals surface area (Å²) in [6, 6.07) is 9.16. The number of ether oxygens (including phenoxy) is 1. The van der Waals surface area contributed by atoms with Crippen molar-refractivity contribution in [3.63, 3.8) is 0 Å². The molecule has 1 heterocycles. The number of aromatic nitrogens is 1. The molecule has 2 aromatic rings. The number of pyridine rings is 1. The molecular weight excluding hydrogens is 282 g/mol. The van der Waals surface area contributed by atoms with Crippen LogP contribution in [-0.2, 0) is 0 Å². The Balaban J connectivity index is 2.33. The van der Waals surface area contributed by atoms with Gasteiger partial charge in [-0.25, -0.2) is 0 Å². The fourth-order valence-corrected chi connectivity index (χ4v) is 1.85. The van der Waals surface area contributed by atoms with Gasteiger partial charge in [0.05, 0.1) is 12.3 Å². The van der Waals surface area contributed by atoms with Gasteiger partial charge in [-0.2, -0.15) is 0 Å². The summed E-state index contributed by atoms with van der Waals surface area (Å²) in [5, 5.41) is 9.69. The van der Waals surface area contributed by atoms with Crippen molar-refractivity contribution in [1.82, 2.24) is 4.98 Å². The van der Waals surface area contributed by atoms with Gasteiger partial charge in [-0.15, -0.1) is 0 Å². The van der Waals surface area contributed by atoms with E-state index in [0.717, 1.165) is 10.0 Å². The number of rotatable bonds is 3. The molecule has 88 valence electrons. The molecule has 0 radical (unpaired) electrons. The van der Waals surface area contributed by atoms with Crippen LogP contribution in [-0.4, -0.2) is 10.1 Å². The first-order chi connectivity index (χ1) is 8.16. The molecule has 1 N–H and O–H groups in total. The molecule has 1 aromatic carbocycles. The number of hydrogen-bond acceptors (Lipinski definition) is 3. The van der Waals surface area contributed by atoms with Gasteiger partial charge in [0.15, 0.2) is 0 Å². The minimum Gasteiger partial charge on any atom is -0.455 e. The number of benzene rings is 1. The predicted molar refractivity (Wildman–Crippen MR) is 69.1 cm³/mol. The van der Waals surface area contributed by atoms with Crippen molar-refractivity contribution in [1.29, 1.82) is 0 Å². The van der Waals surface area contributed by atoms with E-state index in [-0.39, 0.29) is 0 Å². The maximum atomic E-state index is 9.69. The third-order valence-electron chi connectivity index (χ3n) is 2.28. The average molecular weight is 294 g/mol. The van der Waals surface area contributed by atoms with Gasteiger partial charge in [0.1, 0.15) is 11.5 Å². The quantitative estimate of drug-likeness (QED) is 0.938. The summed E-state index contributed by atoms with van der Waals surface area (Å²) in [5.74, 6) is 1.29. The number of aliphatic hydroxyl groups is 1. The highest BCUT2D eigenvalue weighted by atomic mass is 79.9. The van der Waals surface area contributed by atoms with E-state index in [1.54, 1.807) is 25.4 Å². The summed E-state index contributed by atoms with van der Waals surface area (Å²) in [4.78, 5) is 3.98. The second-order valence-corrected chi connectivity index (χ2v) is 4.56. The summed E-state index contributed by atoms with van der Waals surface area (Å²) >= 11 is 3.37. The Labute approximate surface area is 108 Å². The Morgan fingerprint density at radius 1 is 1.35 bits per heavy atom. The highest BCUT2D eigenvalue weighted by Crippen LogP contribution is 2.31. The monoisotopic (exact) mass is 293 g/mol. The lowest BCUT2D eigenvalue weighted by Crippen LogP contribution is -1.96. The number of aliphatic hydroxyl groups excluding tert-OH is 1. The number of nitrogens with zero attached hydrogens (tertiary/aromatic N) is 1. The fourth-order valence-electron chi connectivity index (χ4n) is 1.47. The highest BCUT2D eigenvalue weighted by Gasteiger charge is 2.10. The zero-order chi connectivity index (χ0) is 12.3. The lowest BCUT2D eigenvalue weighted by Gasteiger charge is -2.13. The van der Waals surface area contributed by atoms with E-state index in [1.165, 1.54) is 0 Å². The van der Waals surface area contributed by atoms with Crippen molar-refractivity contribution in [2.24, 2.45) is 0 Å². The van der Waals surface area contributed by atoms with Crippen LogP contribution in [0.1, 0.15) is 18.6 Å². The normalized spacial score (nSPS) is 12.2. The van der Waals surface area contributed by atoms with Gasteiger partial charge in [-0.1, -0.05) is 15.9 Å². The third kappa shape index (κ3) is 3.05. The SMILES string of the molecule is CC(O)c1cc(Br)ccc1Oc1cccnc1. The molecule has 2 rings (SSSR count). The van der Waals surface area contributed by atoms with Crippen molar-refractivity contribution < 1.29 is 9.84 Å². The summed E-state index contributed by atoms with van der Waals surface area (Å²) in [6.45, 7) is 1.71. The second-order valence-electron chi connectivity index (χ2n) is 3.65. The van der Waals surface area contributed by atoms with Gasteiger partial charge in [-0.3, -0.25) is 4.98 Å². The Morgan fingerprint density at radius 3 is 2.82 bits per heavy atom. The lowest BCUT2D eigenvalue weighted by molar-refractivity contribution is 0.195. The number of halogens is 1. The molecule has 1 atom stereocenters. The molecule has 0 spiro atoms. The summed E-state index contributed by atoms with van der Waals surface area (Å²) in [6.07, 6.45) is 2.73. The molecule has 1 unspecified atom stereocenters. The van der Waals surface area contributed by atoms with E-state index in [1.807, 2.05) is 24.3 Å². The molecule has 0 fully saturated rings. The van der Waals surface area contributed by atoms with Crippen molar-refractivity contribution in [2.45, 2.75) is 13.0 Å². The molecular formula is C13H12BrNO2. The van der Waals surface area contributed by atoms with Gasteiger partial charge >= 0.3 is 0 Å². The van der Waals surface area contributed by atoms with Crippen LogP contribution < -0.4 is 4.74 Å². The van der Waals surface area contributed by atoms with Crippen molar-refractivity contribution >= 4 is 15.9 Å². The maximum absolute atomic E-state index is 9.69. The van der Waals surface area contributed by atoms with E-state index in [4.69, 9.17) is 4.74 Å². The maximum Gasteiger partial charge on any atom is 0.145 e. The molecule has 0 bridgehead atoms. The first kappa shape index (κ1) is 12.1. The second kappa shape index (κ2) is 5.29.